The maximum absolute atomic E-state index is 5.28. The number of nitrogens with one attached hydrogen (secondary N) is 1. The normalized spacial score (nSPS) is 17.5. The first kappa shape index (κ1) is 10.4. The molecule has 1 unspecified atom stereocenters. The van der Waals surface area contributed by atoms with Crippen molar-refractivity contribution in [3.63, 3.8) is 0 Å². The molecule has 15 heavy (non-hydrogen) atoms. The van der Waals surface area contributed by atoms with E-state index in [0.717, 1.165) is 11.8 Å². The Bertz CT molecular complexity index is 323. The third-order valence-electron chi connectivity index (χ3n) is 2.98. The standard InChI is InChI=1S/C12H18N2O/c1-13-11(8-9-5-6-9)10-4-3-7-14-12(10)15-2/h3-4,7,9,11,13H,5-6,8H2,1-2H3. The molecule has 0 amide bonds. The first-order chi connectivity index (χ1) is 7.35. The zero-order chi connectivity index (χ0) is 10.7. The first-order valence-corrected chi connectivity index (χ1v) is 5.51. The summed E-state index contributed by atoms with van der Waals surface area (Å²) in [5.41, 5.74) is 1.18. The smallest absolute Gasteiger partial charge is 0.217 e. The largest absolute Gasteiger partial charge is 0.481 e. The summed E-state index contributed by atoms with van der Waals surface area (Å²) in [6.45, 7) is 0. The highest BCUT2D eigenvalue weighted by atomic mass is 16.5. The van der Waals surface area contributed by atoms with Gasteiger partial charge in [-0.2, -0.15) is 0 Å². The summed E-state index contributed by atoms with van der Waals surface area (Å²) in [5.74, 6) is 1.64. The van der Waals surface area contributed by atoms with Gasteiger partial charge < -0.3 is 10.1 Å². The monoisotopic (exact) mass is 206 g/mol. The molecule has 1 heterocycles. The Morgan fingerprint density at radius 1 is 1.60 bits per heavy atom. The highest BCUT2D eigenvalue weighted by Gasteiger charge is 2.27. The molecule has 0 aromatic carbocycles. The number of hydrogen-bond donors (Lipinski definition) is 1. The van der Waals surface area contributed by atoms with Crippen LogP contribution in [-0.2, 0) is 0 Å². The van der Waals surface area contributed by atoms with E-state index in [1.165, 1.54) is 24.8 Å². The number of nitrogens with zero attached hydrogens (tertiary/aromatic N) is 1. The average Bonchev–Trinajstić information content (AvgIpc) is 3.10. The summed E-state index contributed by atoms with van der Waals surface area (Å²) >= 11 is 0. The van der Waals surface area contributed by atoms with E-state index in [1.807, 2.05) is 13.1 Å². The van der Waals surface area contributed by atoms with Crippen LogP contribution in [0.15, 0.2) is 18.3 Å². The summed E-state index contributed by atoms with van der Waals surface area (Å²) in [4.78, 5) is 4.23. The van der Waals surface area contributed by atoms with Crippen LogP contribution in [0, 0.1) is 5.92 Å². The van der Waals surface area contributed by atoms with Crippen LogP contribution in [0.3, 0.4) is 0 Å². The van der Waals surface area contributed by atoms with Crippen LogP contribution in [0.1, 0.15) is 30.9 Å². The Labute approximate surface area is 90.9 Å². The molecule has 0 spiro atoms. The second-order valence-electron chi connectivity index (χ2n) is 4.12. The lowest BCUT2D eigenvalue weighted by molar-refractivity contribution is 0.380. The Morgan fingerprint density at radius 3 is 3.00 bits per heavy atom. The van der Waals surface area contributed by atoms with Gasteiger partial charge in [-0.1, -0.05) is 18.9 Å². The number of aromatic nitrogens is 1. The molecule has 0 radical (unpaired) electrons. The van der Waals surface area contributed by atoms with Crippen molar-refractivity contribution in [2.45, 2.75) is 25.3 Å². The lowest BCUT2D eigenvalue weighted by Gasteiger charge is -2.18. The van der Waals surface area contributed by atoms with Crippen molar-refractivity contribution < 1.29 is 4.74 Å². The fourth-order valence-electron chi connectivity index (χ4n) is 1.93. The summed E-state index contributed by atoms with van der Waals surface area (Å²) in [5, 5.41) is 3.34. The third kappa shape index (κ3) is 2.48. The minimum Gasteiger partial charge on any atom is -0.481 e. The maximum atomic E-state index is 5.28. The molecule has 0 saturated heterocycles. The molecule has 82 valence electrons. The zero-order valence-electron chi connectivity index (χ0n) is 9.36. The number of rotatable bonds is 5. The van der Waals surface area contributed by atoms with Crippen LogP contribution in [0.5, 0.6) is 5.88 Å². The van der Waals surface area contributed by atoms with Gasteiger partial charge in [-0.15, -0.1) is 0 Å². The first-order valence-electron chi connectivity index (χ1n) is 5.51. The molecule has 0 aliphatic heterocycles. The minimum absolute atomic E-state index is 0.376. The molecular weight excluding hydrogens is 188 g/mol. The molecule has 1 N–H and O–H groups in total. The average molecular weight is 206 g/mol. The number of hydrogen-bond acceptors (Lipinski definition) is 3. The summed E-state index contributed by atoms with van der Waals surface area (Å²) in [7, 11) is 3.68. The van der Waals surface area contributed by atoms with Crippen molar-refractivity contribution in [1.82, 2.24) is 10.3 Å². The third-order valence-corrected chi connectivity index (χ3v) is 2.98. The Morgan fingerprint density at radius 2 is 2.40 bits per heavy atom. The molecule has 1 fully saturated rings. The van der Waals surface area contributed by atoms with Crippen LogP contribution in [-0.4, -0.2) is 19.1 Å². The second-order valence-corrected chi connectivity index (χ2v) is 4.12. The lowest BCUT2D eigenvalue weighted by atomic mass is 10.0. The number of ether oxygens (including phenoxy) is 1. The van der Waals surface area contributed by atoms with Crippen molar-refractivity contribution in [2.24, 2.45) is 5.92 Å². The predicted octanol–water partition coefficient (Wildman–Crippen LogP) is 2.15. The lowest BCUT2D eigenvalue weighted by Crippen LogP contribution is -2.18. The Kier molecular flexibility index (Phi) is 3.21. The maximum Gasteiger partial charge on any atom is 0.217 e. The van der Waals surface area contributed by atoms with Crippen molar-refractivity contribution in [3.8, 4) is 5.88 Å². The summed E-state index contributed by atoms with van der Waals surface area (Å²) < 4.78 is 5.28. The summed E-state index contributed by atoms with van der Waals surface area (Å²) in [6.07, 6.45) is 5.71. The molecule has 3 heteroatoms. The van der Waals surface area contributed by atoms with Crippen molar-refractivity contribution in [1.29, 1.82) is 0 Å². The van der Waals surface area contributed by atoms with Crippen LogP contribution in [0.25, 0.3) is 0 Å². The van der Waals surface area contributed by atoms with E-state index in [9.17, 15) is 0 Å². The van der Waals surface area contributed by atoms with E-state index >= 15 is 0 Å². The van der Waals surface area contributed by atoms with Gasteiger partial charge >= 0.3 is 0 Å². The van der Waals surface area contributed by atoms with Crippen molar-refractivity contribution >= 4 is 0 Å². The SMILES string of the molecule is CNC(CC1CC1)c1cccnc1OC. The molecule has 2 rings (SSSR count). The van der Waals surface area contributed by atoms with Gasteiger partial charge in [0.1, 0.15) is 0 Å². The second kappa shape index (κ2) is 4.62. The van der Waals surface area contributed by atoms with E-state index in [2.05, 4.69) is 16.4 Å². The van der Waals surface area contributed by atoms with Crippen LogP contribution in [0.2, 0.25) is 0 Å². The number of pyridine rings is 1. The van der Waals surface area contributed by atoms with Gasteiger partial charge in [-0.3, -0.25) is 0 Å². The molecule has 1 aromatic rings. The molecule has 0 bridgehead atoms. The molecule has 3 nitrogen and oxygen atoms in total. The van der Waals surface area contributed by atoms with E-state index in [0.29, 0.717) is 6.04 Å². The van der Waals surface area contributed by atoms with Gasteiger partial charge in [-0.05, 0) is 25.5 Å². The molecule has 1 atom stereocenters. The van der Waals surface area contributed by atoms with Gasteiger partial charge in [0.15, 0.2) is 0 Å². The van der Waals surface area contributed by atoms with Crippen molar-refractivity contribution in [2.75, 3.05) is 14.2 Å². The van der Waals surface area contributed by atoms with Gasteiger partial charge in [0.05, 0.1) is 7.11 Å². The summed E-state index contributed by atoms with van der Waals surface area (Å²) in [6, 6.07) is 4.44. The quantitative estimate of drug-likeness (QED) is 0.801. The van der Waals surface area contributed by atoms with Crippen molar-refractivity contribution in [3.05, 3.63) is 23.9 Å². The van der Waals surface area contributed by atoms with Gasteiger partial charge in [0, 0.05) is 17.8 Å². The van der Waals surface area contributed by atoms with E-state index in [-0.39, 0.29) is 0 Å². The van der Waals surface area contributed by atoms with Gasteiger partial charge in [0.25, 0.3) is 0 Å². The molecule has 1 saturated carbocycles. The van der Waals surface area contributed by atoms with Gasteiger partial charge in [0.2, 0.25) is 5.88 Å². The fourth-order valence-corrected chi connectivity index (χ4v) is 1.93. The predicted molar refractivity (Wildman–Crippen MR) is 59.9 cm³/mol. The molecule has 1 aliphatic rings. The van der Waals surface area contributed by atoms with E-state index in [1.54, 1.807) is 13.3 Å². The molecular formula is C12H18N2O. The Balaban J connectivity index is 2.15. The minimum atomic E-state index is 0.376. The number of methoxy groups -OCH3 is 1. The van der Waals surface area contributed by atoms with Crippen LogP contribution in [0.4, 0.5) is 0 Å². The molecule has 1 aliphatic carbocycles. The zero-order valence-corrected chi connectivity index (χ0v) is 9.36. The van der Waals surface area contributed by atoms with E-state index in [4.69, 9.17) is 4.74 Å². The van der Waals surface area contributed by atoms with E-state index < -0.39 is 0 Å². The topological polar surface area (TPSA) is 34.2 Å². The van der Waals surface area contributed by atoms with Gasteiger partial charge in [-0.25, -0.2) is 4.98 Å². The van der Waals surface area contributed by atoms with Crippen LogP contribution >= 0.6 is 0 Å². The Hall–Kier alpha value is -1.09. The highest BCUT2D eigenvalue weighted by Crippen LogP contribution is 2.38. The highest BCUT2D eigenvalue weighted by molar-refractivity contribution is 5.29. The van der Waals surface area contributed by atoms with Crippen LogP contribution < -0.4 is 10.1 Å². The molecule has 1 aromatic heterocycles. The fraction of sp³-hybridized carbons (Fsp3) is 0.583.